The minimum Gasteiger partial charge on any atom is -0.461 e. The number of ketones is 1. The van der Waals surface area contributed by atoms with Crippen LogP contribution in [0.4, 0.5) is 4.79 Å². The van der Waals surface area contributed by atoms with Crippen LogP contribution in [0.1, 0.15) is 38.3 Å². The Morgan fingerprint density at radius 2 is 1.43 bits per heavy atom. The van der Waals surface area contributed by atoms with Gasteiger partial charge >= 0.3 is 12.1 Å². The van der Waals surface area contributed by atoms with Gasteiger partial charge in [-0.05, 0) is 38.3 Å². The second kappa shape index (κ2) is 13.5. The van der Waals surface area contributed by atoms with E-state index in [1.165, 1.54) is 0 Å². The van der Waals surface area contributed by atoms with Gasteiger partial charge in [0.05, 0.1) is 18.3 Å². The van der Waals surface area contributed by atoms with Crippen molar-refractivity contribution < 1.29 is 28.7 Å². The molecule has 2 aromatic carbocycles. The lowest BCUT2D eigenvalue weighted by atomic mass is 10.0. The van der Waals surface area contributed by atoms with Crippen molar-refractivity contribution in [3.63, 3.8) is 0 Å². The van der Waals surface area contributed by atoms with E-state index in [0.29, 0.717) is 0 Å². The molecular weight excluding hydrogens is 472 g/mol. The Morgan fingerprint density at radius 3 is 1.97 bits per heavy atom. The number of hydrogen-bond acceptors (Lipinski definition) is 6. The van der Waals surface area contributed by atoms with E-state index in [1.54, 1.807) is 32.9 Å². The number of alkyl halides is 1. The van der Waals surface area contributed by atoms with Gasteiger partial charge in [-0.25, -0.2) is 4.79 Å². The summed E-state index contributed by atoms with van der Waals surface area (Å²) in [6, 6.07) is 15.9. The molecule has 0 aliphatic carbocycles. The fourth-order valence-corrected chi connectivity index (χ4v) is 3.27. The van der Waals surface area contributed by atoms with Crippen LogP contribution < -0.4 is 10.6 Å². The number of benzene rings is 2. The fourth-order valence-electron chi connectivity index (χ4n) is 3.08. The minimum atomic E-state index is -1.32. The van der Waals surface area contributed by atoms with Crippen molar-refractivity contribution in [1.29, 1.82) is 0 Å². The van der Waals surface area contributed by atoms with Crippen LogP contribution in [0.3, 0.4) is 0 Å². The summed E-state index contributed by atoms with van der Waals surface area (Å²) in [6.45, 7) is 5.03. The molecular formula is C26H31ClN2O6. The summed E-state index contributed by atoms with van der Waals surface area (Å²) in [5.41, 5.74) is 0.774. The van der Waals surface area contributed by atoms with Crippen LogP contribution in [0.2, 0.25) is 0 Å². The third kappa shape index (κ3) is 10.6. The number of halogens is 1. The van der Waals surface area contributed by atoms with E-state index in [0.717, 1.165) is 11.1 Å². The second-order valence-electron chi connectivity index (χ2n) is 8.90. The van der Waals surface area contributed by atoms with Crippen molar-refractivity contribution in [2.24, 2.45) is 0 Å². The summed E-state index contributed by atoms with van der Waals surface area (Å²) in [5, 5.41) is 5.02. The zero-order valence-corrected chi connectivity index (χ0v) is 20.8. The fraction of sp³-hybridized carbons (Fsp3) is 0.385. The number of ether oxygens (including phenoxy) is 2. The van der Waals surface area contributed by atoms with Gasteiger partial charge in [-0.15, -0.1) is 11.6 Å². The van der Waals surface area contributed by atoms with Crippen LogP contribution in [0, 0.1) is 0 Å². The van der Waals surface area contributed by atoms with E-state index in [1.807, 2.05) is 48.5 Å². The average Bonchev–Trinajstić information content (AvgIpc) is 2.81. The van der Waals surface area contributed by atoms with Gasteiger partial charge in [0, 0.05) is 0 Å². The minimum absolute atomic E-state index is 0.0157. The Bertz CT molecular complexity index is 992. The number of Topliss-reactive ketones (excluding diaryl/α,β-unsaturated/α-hetero) is 1. The number of hydrogen-bond donors (Lipinski definition) is 2. The molecule has 0 aliphatic heterocycles. The Hall–Kier alpha value is -3.39. The van der Waals surface area contributed by atoms with Gasteiger partial charge in [-0.2, -0.15) is 0 Å². The van der Waals surface area contributed by atoms with Gasteiger partial charge in [0.1, 0.15) is 18.2 Å². The van der Waals surface area contributed by atoms with Gasteiger partial charge in [-0.1, -0.05) is 60.7 Å². The number of nitrogens with one attached hydrogen (secondary N) is 2. The predicted octanol–water partition coefficient (Wildman–Crippen LogP) is 3.55. The maximum absolute atomic E-state index is 13.1. The number of alkyl carbamates (subject to hydrolysis) is 1. The molecule has 0 saturated heterocycles. The summed E-state index contributed by atoms with van der Waals surface area (Å²) in [5.74, 6) is -2.13. The molecule has 2 N–H and O–H groups in total. The molecule has 2 aromatic rings. The third-order valence-electron chi connectivity index (χ3n) is 4.74. The first kappa shape index (κ1) is 27.9. The molecule has 0 fully saturated rings. The molecule has 0 aromatic heterocycles. The zero-order chi connectivity index (χ0) is 25.8. The van der Waals surface area contributed by atoms with E-state index >= 15 is 0 Å². The number of esters is 1. The molecule has 1 unspecified atom stereocenters. The van der Waals surface area contributed by atoms with Crippen LogP contribution in [0.25, 0.3) is 0 Å². The molecule has 188 valence electrons. The van der Waals surface area contributed by atoms with Gasteiger partial charge in [-0.3, -0.25) is 14.4 Å². The zero-order valence-electron chi connectivity index (χ0n) is 20.1. The second-order valence-corrected chi connectivity index (χ2v) is 9.17. The van der Waals surface area contributed by atoms with E-state index < -0.39 is 47.9 Å². The van der Waals surface area contributed by atoms with Crippen LogP contribution in [-0.2, 0) is 36.9 Å². The van der Waals surface area contributed by atoms with Gasteiger partial charge < -0.3 is 20.1 Å². The highest BCUT2D eigenvalue weighted by molar-refractivity contribution is 6.28. The number of amides is 2. The van der Waals surface area contributed by atoms with Gasteiger partial charge in [0.25, 0.3) is 0 Å². The monoisotopic (exact) mass is 502 g/mol. The number of carbonyl (C=O) groups is 4. The lowest BCUT2D eigenvalue weighted by molar-refractivity contribution is -0.147. The molecule has 2 atom stereocenters. The molecule has 0 aliphatic rings. The van der Waals surface area contributed by atoms with Crippen molar-refractivity contribution >= 4 is 35.4 Å². The molecule has 0 radical (unpaired) electrons. The topological polar surface area (TPSA) is 111 Å². The van der Waals surface area contributed by atoms with Crippen molar-refractivity contribution in [2.45, 2.75) is 57.9 Å². The molecule has 2 rings (SSSR count). The molecule has 0 spiro atoms. The first-order chi connectivity index (χ1) is 16.6. The lowest BCUT2D eigenvalue weighted by Gasteiger charge is -2.24. The molecule has 2 amide bonds. The van der Waals surface area contributed by atoms with Crippen molar-refractivity contribution in [3.8, 4) is 0 Å². The maximum atomic E-state index is 13.1. The van der Waals surface area contributed by atoms with Crippen LogP contribution in [0.15, 0.2) is 60.7 Å². The smallest absolute Gasteiger partial charge is 0.408 e. The standard InChI is InChI=1S/C26H31ClN2O6/c1-26(2,3)35-25(33)29-21(15-23(31)34-17-19-12-8-5-9-13-19)24(32)28-20(22(30)16-27)14-18-10-6-4-7-11-18/h4-13,20-21H,14-17H2,1-3H3,(H,28,32)(H,29,33)/t20?,21-/m0/s1. The summed E-state index contributed by atoms with van der Waals surface area (Å²) < 4.78 is 10.5. The highest BCUT2D eigenvalue weighted by atomic mass is 35.5. The lowest BCUT2D eigenvalue weighted by Crippen LogP contribution is -2.53. The Kier molecular flexibility index (Phi) is 10.7. The maximum Gasteiger partial charge on any atom is 0.408 e. The van der Waals surface area contributed by atoms with Gasteiger partial charge in [0.2, 0.25) is 5.91 Å². The van der Waals surface area contributed by atoms with Crippen LogP contribution in [0.5, 0.6) is 0 Å². The highest BCUT2D eigenvalue weighted by Gasteiger charge is 2.30. The number of rotatable bonds is 11. The molecule has 8 nitrogen and oxygen atoms in total. The Balaban J connectivity index is 2.12. The van der Waals surface area contributed by atoms with Crippen LogP contribution >= 0.6 is 11.6 Å². The molecule has 9 heteroatoms. The summed E-state index contributed by atoms with van der Waals surface area (Å²) in [6.07, 6.45) is -1.13. The van der Waals surface area contributed by atoms with Crippen molar-refractivity contribution in [2.75, 3.05) is 5.88 Å². The Morgan fingerprint density at radius 1 is 0.857 bits per heavy atom. The predicted molar refractivity (Wildman–Crippen MR) is 132 cm³/mol. The van der Waals surface area contributed by atoms with E-state index in [-0.39, 0.29) is 18.9 Å². The van der Waals surface area contributed by atoms with E-state index in [2.05, 4.69) is 10.6 Å². The van der Waals surface area contributed by atoms with Gasteiger partial charge in [0.15, 0.2) is 5.78 Å². The summed E-state index contributed by atoms with van der Waals surface area (Å²) >= 11 is 5.75. The molecule has 0 heterocycles. The van der Waals surface area contributed by atoms with Crippen LogP contribution in [-0.4, -0.2) is 47.3 Å². The largest absolute Gasteiger partial charge is 0.461 e. The number of carbonyl (C=O) groups excluding carboxylic acids is 4. The van der Waals surface area contributed by atoms with E-state index in [4.69, 9.17) is 21.1 Å². The third-order valence-corrected chi connectivity index (χ3v) is 5.00. The average molecular weight is 503 g/mol. The van der Waals surface area contributed by atoms with Crippen molar-refractivity contribution in [3.05, 3.63) is 71.8 Å². The molecule has 35 heavy (non-hydrogen) atoms. The first-order valence-corrected chi connectivity index (χ1v) is 11.7. The Labute approximate surface area is 210 Å². The molecule has 0 saturated carbocycles. The first-order valence-electron chi connectivity index (χ1n) is 11.2. The quantitative estimate of drug-likeness (QED) is 0.359. The normalized spacial score (nSPS) is 12.7. The summed E-state index contributed by atoms with van der Waals surface area (Å²) in [7, 11) is 0. The molecule has 0 bridgehead atoms. The SMILES string of the molecule is CC(C)(C)OC(=O)N[C@@H](CC(=O)OCc1ccccc1)C(=O)NC(Cc1ccccc1)C(=O)CCl. The van der Waals surface area contributed by atoms with Crippen molar-refractivity contribution in [1.82, 2.24) is 10.6 Å². The van der Waals surface area contributed by atoms with E-state index in [9.17, 15) is 19.2 Å². The highest BCUT2D eigenvalue weighted by Crippen LogP contribution is 2.10. The summed E-state index contributed by atoms with van der Waals surface area (Å²) in [4.78, 5) is 50.3.